The van der Waals surface area contributed by atoms with Gasteiger partial charge in [-0.1, -0.05) is 18.1 Å². The van der Waals surface area contributed by atoms with Crippen LogP contribution in [0.25, 0.3) is 0 Å². The largest absolute Gasteiger partial charge is 0.387 e. The van der Waals surface area contributed by atoms with Crippen LogP contribution in [-0.2, 0) is 0 Å². The predicted octanol–water partition coefficient (Wildman–Crippen LogP) is 3.30. The van der Waals surface area contributed by atoms with Crippen molar-refractivity contribution in [1.82, 2.24) is 4.90 Å². The van der Waals surface area contributed by atoms with Crippen LogP contribution in [0.15, 0.2) is 18.2 Å². The highest BCUT2D eigenvalue weighted by Gasteiger charge is 2.24. The molecule has 1 N–H and O–H groups in total. The van der Waals surface area contributed by atoms with Crippen molar-refractivity contribution in [3.63, 3.8) is 0 Å². The molecule has 0 unspecified atom stereocenters. The SMILES string of the molecule is CCN(CC1CCC1)C(=O)c1cc(C)ccc1NC. The molecule has 19 heavy (non-hydrogen) atoms. The van der Waals surface area contributed by atoms with Crippen LogP contribution in [0.5, 0.6) is 0 Å². The number of carbonyl (C=O) groups is 1. The summed E-state index contributed by atoms with van der Waals surface area (Å²) in [7, 11) is 1.86. The van der Waals surface area contributed by atoms with Crippen LogP contribution < -0.4 is 5.32 Å². The number of carbonyl (C=O) groups excluding carboxylic acids is 1. The lowest BCUT2D eigenvalue weighted by Gasteiger charge is -2.32. The van der Waals surface area contributed by atoms with Crippen LogP contribution in [0.3, 0.4) is 0 Å². The van der Waals surface area contributed by atoms with Crippen molar-refractivity contribution in [1.29, 1.82) is 0 Å². The molecule has 0 bridgehead atoms. The fourth-order valence-corrected chi connectivity index (χ4v) is 2.57. The lowest BCUT2D eigenvalue weighted by Crippen LogP contribution is -2.37. The zero-order valence-electron chi connectivity index (χ0n) is 12.2. The third-order valence-electron chi connectivity index (χ3n) is 4.05. The Labute approximate surface area is 116 Å². The first-order valence-electron chi connectivity index (χ1n) is 7.23. The summed E-state index contributed by atoms with van der Waals surface area (Å²) in [6, 6.07) is 6.00. The molecule has 1 aromatic carbocycles. The maximum absolute atomic E-state index is 12.7. The van der Waals surface area contributed by atoms with Crippen molar-refractivity contribution >= 4 is 11.6 Å². The number of hydrogen-bond donors (Lipinski definition) is 1. The van der Waals surface area contributed by atoms with Gasteiger partial charge in [-0.3, -0.25) is 4.79 Å². The molecule has 0 saturated heterocycles. The van der Waals surface area contributed by atoms with E-state index in [0.29, 0.717) is 5.92 Å². The second-order valence-corrected chi connectivity index (χ2v) is 5.44. The maximum atomic E-state index is 12.7. The van der Waals surface area contributed by atoms with Crippen LogP contribution in [0, 0.1) is 12.8 Å². The Hall–Kier alpha value is -1.51. The topological polar surface area (TPSA) is 32.3 Å². The van der Waals surface area contributed by atoms with Gasteiger partial charge in [0.05, 0.1) is 5.56 Å². The lowest BCUT2D eigenvalue weighted by atomic mass is 9.85. The van der Waals surface area contributed by atoms with Gasteiger partial charge in [0.1, 0.15) is 0 Å². The zero-order chi connectivity index (χ0) is 13.8. The summed E-state index contributed by atoms with van der Waals surface area (Å²) in [6.45, 7) is 5.78. The summed E-state index contributed by atoms with van der Waals surface area (Å²) in [5.41, 5.74) is 2.84. The Morgan fingerprint density at radius 2 is 2.16 bits per heavy atom. The third kappa shape index (κ3) is 3.09. The number of rotatable bonds is 5. The molecule has 1 fully saturated rings. The van der Waals surface area contributed by atoms with E-state index >= 15 is 0 Å². The molecule has 1 saturated carbocycles. The summed E-state index contributed by atoms with van der Waals surface area (Å²) < 4.78 is 0. The minimum Gasteiger partial charge on any atom is -0.387 e. The summed E-state index contributed by atoms with van der Waals surface area (Å²) in [5.74, 6) is 0.870. The Bertz CT molecular complexity index is 452. The highest BCUT2D eigenvalue weighted by Crippen LogP contribution is 2.28. The predicted molar refractivity (Wildman–Crippen MR) is 79.6 cm³/mol. The average Bonchev–Trinajstić information content (AvgIpc) is 2.37. The van der Waals surface area contributed by atoms with E-state index in [2.05, 4.69) is 12.2 Å². The molecule has 0 aromatic heterocycles. The molecule has 1 aliphatic rings. The van der Waals surface area contributed by atoms with E-state index in [4.69, 9.17) is 0 Å². The second-order valence-electron chi connectivity index (χ2n) is 5.44. The minimum absolute atomic E-state index is 0.155. The molecule has 3 nitrogen and oxygen atoms in total. The number of amides is 1. The van der Waals surface area contributed by atoms with Gasteiger partial charge in [0.25, 0.3) is 5.91 Å². The Morgan fingerprint density at radius 1 is 1.42 bits per heavy atom. The average molecular weight is 260 g/mol. The Balaban J connectivity index is 2.17. The van der Waals surface area contributed by atoms with Crippen molar-refractivity contribution < 1.29 is 4.79 Å². The van der Waals surface area contributed by atoms with Gasteiger partial charge in [0.15, 0.2) is 0 Å². The van der Waals surface area contributed by atoms with Gasteiger partial charge in [0, 0.05) is 25.8 Å². The molecule has 0 aliphatic heterocycles. The first kappa shape index (κ1) is 13.9. The molecule has 1 amide bonds. The second kappa shape index (κ2) is 6.09. The molecular formula is C16H24N2O. The van der Waals surface area contributed by atoms with Crippen LogP contribution in [0.1, 0.15) is 42.1 Å². The van der Waals surface area contributed by atoms with Gasteiger partial charge < -0.3 is 10.2 Å². The third-order valence-corrected chi connectivity index (χ3v) is 4.05. The maximum Gasteiger partial charge on any atom is 0.255 e. The molecule has 0 spiro atoms. The highest BCUT2D eigenvalue weighted by molar-refractivity contribution is 5.99. The molecular weight excluding hydrogens is 236 g/mol. The number of nitrogens with one attached hydrogen (secondary N) is 1. The van der Waals surface area contributed by atoms with E-state index in [1.165, 1.54) is 19.3 Å². The quantitative estimate of drug-likeness (QED) is 0.881. The summed E-state index contributed by atoms with van der Waals surface area (Å²) >= 11 is 0. The first-order valence-corrected chi connectivity index (χ1v) is 7.23. The number of anilines is 1. The monoisotopic (exact) mass is 260 g/mol. The van der Waals surface area contributed by atoms with Gasteiger partial charge in [-0.05, 0) is 44.7 Å². The molecule has 0 radical (unpaired) electrons. The van der Waals surface area contributed by atoms with Crippen LogP contribution >= 0.6 is 0 Å². The molecule has 104 valence electrons. The van der Waals surface area contributed by atoms with Gasteiger partial charge in [-0.2, -0.15) is 0 Å². The fraction of sp³-hybridized carbons (Fsp3) is 0.562. The van der Waals surface area contributed by atoms with Crippen LogP contribution in [0.4, 0.5) is 5.69 Å². The van der Waals surface area contributed by atoms with E-state index < -0.39 is 0 Å². The molecule has 1 aliphatic carbocycles. The normalized spacial score (nSPS) is 14.9. The van der Waals surface area contributed by atoms with Crippen molar-refractivity contribution in [3.05, 3.63) is 29.3 Å². The Kier molecular flexibility index (Phi) is 4.46. The molecule has 0 atom stereocenters. The molecule has 2 rings (SSSR count). The van der Waals surface area contributed by atoms with Crippen LogP contribution in [-0.4, -0.2) is 30.9 Å². The number of hydrogen-bond acceptors (Lipinski definition) is 2. The van der Waals surface area contributed by atoms with Crippen molar-refractivity contribution in [3.8, 4) is 0 Å². The zero-order valence-corrected chi connectivity index (χ0v) is 12.2. The van der Waals surface area contributed by atoms with Gasteiger partial charge in [0.2, 0.25) is 0 Å². The van der Waals surface area contributed by atoms with E-state index in [0.717, 1.165) is 29.9 Å². The molecule has 0 heterocycles. The lowest BCUT2D eigenvalue weighted by molar-refractivity contribution is 0.0707. The van der Waals surface area contributed by atoms with Crippen molar-refractivity contribution in [2.75, 3.05) is 25.5 Å². The van der Waals surface area contributed by atoms with E-state index in [9.17, 15) is 4.79 Å². The van der Waals surface area contributed by atoms with E-state index in [-0.39, 0.29) is 5.91 Å². The van der Waals surface area contributed by atoms with Crippen molar-refractivity contribution in [2.24, 2.45) is 5.92 Å². The fourth-order valence-electron chi connectivity index (χ4n) is 2.57. The van der Waals surface area contributed by atoms with Gasteiger partial charge >= 0.3 is 0 Å². The summed E-state index contributed by atoms with van der Waals surface area (Å²) in [4.78, 5) is 14.7. The minimum atomic E-state index is 0.155. The standard InChI is InChI=1S/C16H24N2O/c1-4-18(11-13-6-5-7-13)16(19)14-10-12(2)8-9-15(14)17-3/h8-10,13,17H,4-7,11H2,1-3H3. The number of benzene rings is 1. The van der Waals surface area contributed by atoms with Gasteiger partial charge in [-0.25, -0.2) is 0 Å². The first-order chi connectivity index (χ1) is 9.15. The Morgan fingerprint density at radius 3 is 2.68 bits per heavy atom. The molecule has 3 heteroatoms. The van der Waals surface area contributed by atoms with Gasteiger partial charge in [-0.15, -0.1) is 0 Å². The van der Waals surface area contributed by atoms with Crippen LogP contribution in [0.2, 0.25) is 0 Å². The summed E-state index contributed by atoms with van der Waals surface area (Å²) in [5, 5.41) is 3.12. The number of nitrogens with zero attached hydrogens (tertiary/aromatic N) is 1. The summed E-state index contributed by atoms with van der Waals surface area (Å²) in [6.07, 6.45) is 3.87. The van der Waals surface area contributed by atoms with Crippen molar-refractivity contribution in [2.45, 2.75) is 33.1 Å². The highest BCUT2D eigenvalue weighted by atomic mass is 16.2. The van der Waals surface area contributed by atoms with E-state index in [1.807, 2.05) is 37.1 Å². The van der Waals surface area contributed by atoms with E-state index in [1.54, 1.807) is 0 Å². The number of aryl methyl sites for hydroxylation is 1. The smallest absolute Gasteiger partial charge is 0.255 e. The molecule has 1 aromatic rings.